The molecule has 0 bridgehead atoms. The maximum atomic E-state index is 13.3. The zero-order valence-corrected chi connectivity index (χ0v) is 21.7. The standard InChI is InChI=1S/C28H30FN5O5/c1-37-16-15-34(28(36)21-5-9-24-25(17-21)39-19-38-24)18-27(35)33-12-2-11-32(13-14-33)26-10-8-23(30-31-26)20-3-6-22(29)7-4-20/h3-10,17H,2,11-16,18-19H2,1H3. The fourth-order valence-corrected chi connectivity index (χ4v) is 4.59. The first-order chi connectivity index (χ1) is 19.0. The van der Waals surface area contributed by atoms with Crippen molar-refractivity contribution >= 4 is 17.6 Å². The van der Waals surface area contributed by atoms with Crippen LogP contribution in [-0.2, 0) is 9.53 Å². The van der Waals surface area contributed by atoms with E-state index in [1.54, 1.807) is 42.3 Å². The van der Waals surface area contributed by atoms with Gasteiger partial charge < -0.3 is 28.9 Å². The molecule has 1 fully saturated rings. The SMILES string of the molecule is COCCN(CC(=O)N1CCCN(c2ccc(-c3ccc(F)cc3)nn2)CC1)C(=O)c1ccc2c(c1)OCO2. The molecule has 0 radical (unpaired) electrons. The minimum Gasteiger partial charge on any atom is -0.454 e. The molecule has 2 aliphatic rings. The largest absolute Gasteiger partial charge is 0.454 e. The zero-order chi connectivity index (χ0) is 27.2. The van der Waals surface area contributed by atoms with Gasteiger partial charge in [0.15, 0.2) is 17.3 Å². The summed E-state index contributed by atoms with van der Waals surface area (Å²) in [5, 5.41) is 8.68. The van der Waals surface area contributed by atoms with Gasteiger partial charge in [0, 0.05) is 51.0 Å². The number of aromatic nitrogens is 2. The quantitative estimate of drug-likeness (QED) is 0.435. The van der Waals surface area contributed by atoms with E-state index in [2.05, 4.69) is 15.1 Å². The fraction of sp³-hybridized carbons (Fsp3) is 0.357. The van der Waals surface area contributed by atoms with E-state index in [1.807, 2.05) is 12.1 Å². The molecule has 0 saturated carbocycles. The maximum absolute atomic E-state index is 13.3. The van der Waals surface area contributed by atoms with Gasteiger partial charge in [-0.05, 0) is 61.0 Å². The fourth-order valence-electron chi connectivity index (χ4n) is 4.59. The molecule has 3 aromatic rings. The Balaban J connectivity index is 1.20. The molecule has 2 aromatic carbocycles. The van der Waals surface area contributed by atoms with Crippen LogP contribution in [0.5, 0.6) is 11.5 Å². The highest BCUT2D eigenvalue weighted by atomic mass is 19.1. The van der Waals surface area contributed by atoms with E-state index in [0.29, 0.717) is 49.0 Å². The lowest BCUT2D eigenvalue weighted by molar-refractivity contribution is -0.131. The molecule has 0 unspecified atom stereocenters. The lowest BCUT2D eigenvalue weighted by Gasteiger charge is -2.27. The first-order valence-electron chi connectivity index (χ1n) is 12.8. The molecule has 5 rings (SSSR count). The monoisotopic (exact) mass is 535 g/mol. The minimum absolute atomic E-state index is 0.0528. The molecule has 0 N–H and O–H groups in total. The number of methoxy groups -OCH3 is 1. The van der Waals surface area contributed by atoms with E-state index in [9.17, 15) is 14.0 Å². The molecule has 1 aromatic heterocycles. The van der Waals surface area contributed by atoms with Gasteiger partial charge in [0.25, 0.3) is 5.91 Å². The summed E-state index contributed by atoms with van der Waals surface area (Å²) in [7, 11) is 1.56. The van der Waals surface area contributed by atoms with Crippen LogP contribution < -0.4 is 14.4 Å². The van der Waals surface area contributed by atoms with E-state index >= 15 is 0 Å². The second kappa shape index (κ2) is 12.1. The summed E-state index contributed by atoms with van der Waals surface area (Å²) in [6.45, 7) is 3.04. The summed E-state index contributed by atoms with van der Waals surface area (Å²) < 4.78 is 29.1. The number of anilines is 1. The summed E-state index contributed by atoms with van der Waals surface area (Å²) in [6, 6.07) is 14.9. The van der Waals surface area contributed by atoms with Gasteiger partial charge in [0.2, 0.25) is 12.7 Å². The highest BCUT2D eigenvalue weighted by molar-refractivity contribution is 5.97. The van der Waals surface area contributed by atoms with Crippen LogP contribution in [0, 0.1) is 5.82 Å². The van der Waals surface area contributed by atoms with E-state index in [-0.39, 0.29) is 37.5 Å². The summed E-state index contributed by atoms with van der Waals surface area (Å²) >= 11 is 0. The molecule has 2 aliphatic heterocycles. The number of benzene rings is 2. The second-order valence-electron chi connectivity index (χ2n) is 9.29. The van der Waals surface area contributed by atoms with Crippen LogP contribution in [-0.4, -0.2) is 91.6 Å². The van der Waals surface area contributed by atoms with Crippen LogP contribution in [0.4, 0.5) is 10.2 Å². The van der Waals surface area contributed by atoms with Crippen LogP contribution in [0.3, 0.4) is 0 Å². The summed E-state index contributed by atoms with van der Waals surface area (Å²) in [6.07, 6.45) is 0.751. The Hall–Kier alpha value is -4.25. The molecule has 10 nitrogen and oxygen atoms in total. The van der Waals surface area contributed by atoms with E-state index < -0.39 is 0 Å². The van der Waals surface area contributed by atoms with Crippen molar-refractivity contribution in [1.82, 2.24) is 20.0 Å². The van der Waals surface area contributed by atoms with Gasteiger partial charge in [0.05, 0.1) is 12.3 Å². The summed E-state index contributed by atoms with van der Waals surface area (Å²) in [5.41, 5.74) is 1.87. The Labute approximate surface area is 225 Å². The van der Waals surface area contributed by atoms with Crippen LogP contribution in [0.2, 0.25) is 0 Å². The lowest BCUT2D eigenvalue weighted by Crippen LogP contribution is -2.45. The third kappa shape index (κ3) is 6.26. The van der Waals surface area contributed by atoms with E-state index in [0.717, 1.165) is 24.3 Å². The molecule has 204 valence electrons. The Morgan fingerprint density at radius 1 is 0.974 bits per heavy atom. The van der Waals surface area contributed by atoms with Crippen molar-refractivity contribution in [3.63, 3.8) is 0 Å². The molecule has 39 heavy (non-hydrogen) atoms. The predicted octanol–water partition coefficient (Wildman–Crippen LogP) is 2.84. The average molecular weight is 536 g/mol. The van der Waals surface area contributed by atoms with Gasteiger partial charge in [-0.25, -0.2) is 4.39 Å². The first-order valence-corrected chi connectivity index (χ1v) is 12.8. The third-order valence-electron chi connectivity index (χ3n) is 6.76. The molecule has 0 atom stereocenters. The van der Waals surface area contributed by atoms with E-state index in [4.69, 9.17) is 14.2 Å². The number of carbonyl (C=O) groups is 2. The number of ether oxygens (including phenoxy) is 3. The molecular formula is C28H30FN5O5. The smallest absolute Gasteiger partial charge is 0.254 e. The van der Waals surface area contributed by atoms with Crippen molar-refractivity contribution in [3.05, 3.63) is 66.0 Å². The normalized spacial score (nSPS) is 14.7. The van der Waals surface area contributed by atoms with Crippen LogP contribution in [0.25, 0.3) is 11.3 Å². The lowest BCUT2D eigenvalue weighted by atomic mass is 10.1. The summed E-state index contributed by atoms with van der Waals surface area (Å²) in [4.78, 5) is 32.0. The number of carbonyl (C=O) groups excluding carboxylic acids is 2. The summed E-state index contributed by atoms with van der Waals surface area (Å²) in [5.74, 6) is 1.13. The highest BCUT2D eigenvalue weighted by Crippen LogP contribution is 2.32. The Kier molecular flexibility index (Phi) is 8.16. The topological polar surface area (TPSA) is 97.3 Å². The predicted molar refractivity (Wildman–Crippen MR) is 141 cm³/mol. The molecule has 0 spiro atoms. The second-order valence-corrected chi connectivity index (χ2v) is 9.29. The van der Waals surface area contributed by atoms with Crippen molar-refractivity contribution in [2.45, 2.75) is 6.42 Å². The first kappa shape index (κ1) is 26.4. The highest BCUT2D eigenvalue weighted by Gasteiger charge is 2.26. The number of halogens is 1. The zero-order valence-electron chi connectivity index (χ0n) is 21.7. The number of rotatable bonds is 8. The number of nitrogens with zero attached hydrogens (tertiary/aromatic N) is 5. The molecule has 0 aliphatic carbocycles. The molecule has 3 heterocycles. The van der Waals surface area contributed by atoms with E-state index in [1.165, 1.54) is 17.0 Å². The van der Waals surface area contributed by atoms with Crippen molar-refractivity contribution in [2.75, 3.05) is 64.7 Å². The van der Waals surface area contributed by atoms with Gasteiger partial charge >= 0.3 is 0 Å². The van der Waals surface area contributed by atoms with Gasteiger partial charge in [-0.2, -0.15) is 0 Å². The Bertz CT molecular complexity index is 1300. The minimum atomic E-state index is -0.300. The number of hydrogen-bond acceptors (Lipinski definition) is 8. The Morgan fingerprint density at radius 2 is 1.79 bits per heavy atom. The number of amides is 2. The Morgan fingerprint density at radius 3 is 2.56 bits per heavy atom. The van der Waals surface area contributed by atoms with Crippen molar-refractivity contribution in [2.24, 2.45) is 0 Å². The van der Waals surface area contributed by atoms with Crippen LogP contribution in [0.15, 0.2) is 54.6 Å². The van der Waals surface area contributed by atoms with Gasteiger partial charge in [-0.3, -0.25) is 9.59 Å². The number of hydrogen-bond donors (Lipinski definition) is 0. The van der Waals surface area contributed by atoms with Crippen molar-refractivity contribution in [3.8, 4) is 22.8 Å². The molecule has 11 heteroatoms. The van der Waals surface area contributed by atoms with Gasteiger partial charge in [-0.1, -0.05) is 0 Å². The van der Waals surface area contributed by atoms with Crippen LogP contribution >= 0.6 is 0 Å². The third-order valence-corrected chi connectivity index (χ3v) is 6.76. The van der Waals surface area contributed by atoms with Crippen molar-refractivity contribution < 1.29 is 28.2 Å². The molecule has 2 amide bonds. The van der Waals surface area contributed by atoms with Crippen molar-refractivity contribution in [1.29, 1.82) is 0 Å². The van der Waals surface area contributed by atoms with Crippen LogP contribution in [0.1, 0.15) is 16.8 Å². The number of fused-ring (bicyclic) bond motifs is 1. The molecule has 1 saturated heterocycles. The van der Waals surface area contributed by atoms with Gasteiger partial charge in [-0.15, -0.1) is 10.2 Å². The molecular weight excluding hydrogens is 505 g/mol. The maximum Gasteiger partial charge on any atom is 0.254 e. The van der Waals surface area contributed by atoms with Gasteiger partial charge in [0.1, 0.15) is 12.4 Å². The average Bonchev–Trinajstić information content (AvgIpc) is 3.30.